The first kappa shape index (κ1) is 10.2. The number of carbonyl (C=O) groups is 1. The van der Waals surface area contributed by atoms with Crippen LogP contribution in [0.4, 0.5) is 14.6 Å². The monoisotopic (exact) mass is 224 g/mol. The van der Waals surface area contributed by atoms with Crippen LogP contribution in [-0.4, -0.2) is 21.3 Å². The summed E-state index contributed by atoms with van der Waals surface area (Å²) in [7, 11) is 0. The molecule has 7 heteroatoms. The van der Waals surface area contributed by atoms with Crippen LogP contribution in [0.5, 0.6) is 0 Å². The summed E-state index contributed by atoms with van der Waals surface area (Å²) in [6, 6.07) is 2.81. The summed E-state index contributed by atoms with van der Waals surface area (Å²) in [5, 5.41) is 6.87. The first-order valence-corrected chi connectivity index (χ1v) is 4.25. The van der Waals surface area contributed by atoms with Gasteiger partial charge in [0.25, 0.3) is 0 Å². The van der Waals surface area contributed by atoms with Crippen LogP contribution in [0.3, 0.4) is 0 Å². The maximum atomic E-state index is 13.3. The lowest BCUT2D eigenvalue weighted by molar-refractivity contribution is 0.112. The van der Waals surface area contributed by atoms with Gasteiger partial charge in [-0.05, 0) is 12.1 Å². The van der Waals surface area contributed by atoms with Crippen LogP contribution in [-0.2, 0) is 0 Å². The molecule has 0 saturated heterocycles. The van der Waals surface area contributed by atoms with E-state index in [-0.39, 0.29) is 17.2 Å². The van der Waals surface area contributed by atoms with Crippen LogP contribution < -0.4 is 5.73 Å². The van der Waals surface area contributed by atoms with E-state index in [2.05, 4.69) is 10.3 Å². The number of hydrogen-bond donors (Lipinski definition) is 1. The van der Waals surface area contributed by atoms with Crippen molar-refractivity contribution in [3.05, 3.63) is 35.5 Å². The molecule has 0 fully saturated rings. The second kappa shape index (κ2) is 3.69. The van der Waals surface area contributed by atoms with Crippen molar-refractivity contribution in [3.8, 4) is 5.69 Å². The normalized spacial score (nSPS) is 10.4. The lowest BCUT2D eigenvalue weighted by Crippen LogP contribution is -2.05. The van der Waals surface area contributed by atoms with Crippen molar-refractivity contribution >= 4 is 12.1 Å². The average Bonchev–Trinajstić information content (AvgIpc) is 2.63. The predicted molar refractivity (Wildman–Crippen MR) is 51.1 cm³/mol. The van der Waals surface area contributed by atoms with Gasteiger partial charge < -0.3 is 5.73 Å². The summed E-state index contributed by atoms with van der Waals surface area (Å²) >= 11 is 0. The second-order valence-electron chi connectivity index (χ2n) is 2.99. The molecule has 1 aromatic heterocycles. The van der Waals surface area contributed by atoms with Crippen molar-refractivity contribution in [1.82, 2.24) is 15.0 Å². The molecule has 0 spiro atoms. The molecule has 2 aromatic rings. The van der Waals surface area contributed by atoms with E-state index in [0.29, 0.717) is 6.29 Å². The standard InChI is InChI=1S/C9H6F2N4O/c10-5-1-2-6(11)8(3-5)15-9(12)7(4-16)13-14-15/h1-4H,12H2. The first-order chi connectivity index (χ1) is 7.63. The number of rotatable bonds is 2. The van der Waals surface area contributed by atoms with Crippen LogP contribution in [0.2, 0.25) is 0 Å². The van der Waals surface area contributed by atoms with Crippen LogP contribution >= 0.6 is 0 Å². The van der Waals surface area contributed by atoms with Gasteiger partial charge in [0, 0.05) is 6.07 Å². The Morgan fingerprint density at radius 2 is 2.12 bits per heavy atom. The van der Waals surface area contributed by atoms with Gasteiger partial charge in [0.05, 0.1) is 0 Å². The molecule has 0 aliphatic carbocycles. The zero-order valence-electron chi connectivity index (χ0n) is 7.89. The summed E-state index contributed by atoms with van der Waals surface area (Å²) in [6.07, 6.45) is 0.385. The number of aldehydes is 1. The van der Waals surface area contributed by atoms with Gasteiger partial charge in [-0.3, -0.25) is 4.79 Å². The third-order valence-electron chi connectivity index (χ3n) is 1.98. The summed E-state index contributed by atoms with van der Waals surface area (Å²) in [5.74, 6) is -1.49. The van der Waals surface area contributed by atoms with E-state index >= 15 is 0 Å². The van der Waals surface area contributed by atoms with E-state index < -0.39 is 11.6 Å². The van der Waals surface area contributed by atoms with E-state index in [0.717, 1.165) is 22.9 Å². The van der Waals surface area contributed by atoms with Crippen molar-refractivity contribution in [1.29, 1.82) is 0 Å². The molecule has 0 saturated carbocycles. The molecular weight excluding hydrogens is 218 g/mol. The van der Waals surface area contributed by atoms with E-state index in [1.165, 1.54) is 0 Å². The molecule has 0 bridgehead atoms. The third-order valence-corrected chi connectivity index (χ3v) is 1.98. The van der Waals surface area contributed by atoms with Gasteiger partial charge in [-0.15, -0.1) is 5.10 Å². The molecule has 0 radical (unpaired) electrons. The maximum absolute atomic E-state index is 13.3. The topological polar surface area (TPSA) is 73.8 Å². The minimum atomic E-state index is -0.713. The highest BCUT2D eigenvalue weighted by Gasteiger charge is 2.14. The fourth-order valence-electron chi connectivity index (χ4n) is 1.21. The molecule has 2 rings (SSSR count). The van der Waals surface area contributed by atoms with Crippen molar-refractivity contribution in [2.45, 2.75) is 0 Å². The molecule has 0 aliphatic rings. The molecule has 5 nitrogen and oxygen atoms in total. The van der Waals surface area contributed by atoms with Crippen LogP contribution in [0.15, 0.2) is 18.2 Å². The molecule has 1 heterocycles. The number of benzene rings is 1. The number of halogens is 2. The van der Waals surface area contributed by atoms with E-state index in [1.807, 2.05) is 0 Å². The van der Waals surface area contributed by atoms with Crippen molar-refractivity contribution < 1.29 is 13.6 Å². The lowest BCUT2D eigenvalue weighted by Gasteiger charge is -2.03. The van der Waals surface area contributed by atoms with E-state index in [1.54, 1.807) is 0 Å². The highest BCUT2D eigenvalue weighted by atomic mass is 19.1. The SMILES string of the molecule is Nc1c(C=O)nnn1-c1cc(F)ccc1F. The molecule has 0 unspecified atom stereocenters. The van der Waals surface area contributed by atoms with Gasteiger partial charge in [-0.1, -0.05) is 5.21 Å². The van der Waals surface area contributed by atoms with E-state index in [4.69, 9.17) is 5.73 Å². The molecule has 2 N–H and O–H groups in total. The summed E-state index contributed by atoms with van der Waals surface area (Å²) in [6.45, 7) is 0. The maximum Gasteiger partial charge on any atom is 0.174 e. The summed E-state index contributed by atoms with van der Waals surface area (Å²) in [4.78, 5) is 10.5. The van der Waals surface area contributed by atoms with Gasteiger partial charge in [0.2, 0.25) is 0 Å². The predicted octanol–water partition coefficient (Wildman–Crippen LogP) is 0.940. The molecule has 82 valence electrons. The Labute approximate surface area is 88.5 Å². The molecule has 1 aromatic carbocycles. The van der Waals surface area contributed by atoms with Gasteiger partial charge in [0.1, 0.15) is 17.3 Å². The largest absolute Gasteiger partial charge is 0.382 e. The summed E-state index contributed by atoms with van der Waals surface area (Å²) in [5.41, 5.74) is 5.16. The van der Waals surface area contributed by atoms with Crippen LogP contribution in [0.25, 0.3) is 5.69 Å². The Morgan fingerprint density at radius 3 is 2.75 bits per heavy atom. The van der Waals surface area contributed by atoms with Crippen molar-refractivity contribution in [2.24, 2.45) is 0 Å². The Kier molecular flexibility index (Phi) is 2.35. The zero-order valence-corrected chi connectivity index (χ0v) is 7.89. The molecule has 0 atom stereocenters. The zero-order chi connectivity index (χ0) is 11.7. The van der Waals surface area contributed by atoms with Crippen LogP contribution in [0.1, 0.15) is 10.5 Å². The fraction of sp³-hybridized carbons (Fsp3) is 0. The summed E-state index contributed by atoms with van der Waals surface area (Å²) < 4.78 is 27.1. The number of hydrogen-bond acceptors (Lipinski definition) is 4. The highest BCUT2D eigenvalue weighted by Crippen LogP contribution is 2.18. The van der Waals surface area contributed by atoms with Gasteiger partial charge in [0.15, 0.2) is 17.8 Å². The Bertz CT molecular complexity index is 552. The number of carbonyl (C=O) groups excluding carboxylic acids is 1. The fourth-order valence-corrected chi connectivity index (χ4v) is 1.21. The van der Waals surface area contributed by atoms with Gasteiger partial charge in [-0.25, -0.2) is 8.78 Å². The molecule has 0 aliphatic heterocycles. The van der Waals surface area contributed by atoms with Gasteiger partial charge in [-0.2, -0.15) is 4.68 Å². The Hall–Kier alpha value is -2.31. The van der Waals surface area contributed by atoms with Gasteiger partial charge >= 0.3 is 0 Å². The number of nitrogens with two attached hydrogens (primary N) is 1. The smallest absolute Gasteiger partial charge is 0.174 e. The first-order valence-electron chi connectivity index (χ1n) is 4.25. The van der Waals surface area contributed by atoms with Crippen molar-refractivity contribution in [2.75, 3.05) is 5.73 Å². The number of nitrogen functional groups attached to an aromatic ring is 1. The second-order valence-corrected chi connectivity index (χ2v) is 2.99. The molecular formula is C9H6F2N4O. The molecule has 0 amide bonds. The highest BCUT2D eigenvalue weighted by molar-refractivity contribution is 5.79. The number of nitrogens with zero attached hydrogens (tertiary/aromatic N) is 3. The van der Waals surface area contributed by atoms with Crippen LogP contribution in [0, 0.1) is 11.6 Å². The minimum Gasteiger partial charge on any atom is -0.382 e. The number of anilines is 1. The Balaban J connectivity index is 2.62. The minimum absolute atomic E-state index is 0.122. The Morgan fingerprint density at radius 1 is 1.38 bits per heavy atom. The average molecular weight is 224 g/mol. The number of aromatic nitrogens is 3. The lowest BCUT2D eigenvalue weighted by atomic mass is 10.3. The molecule has 16 heavy (non-hydrogen) atoms. The third kappa shape index (κ3) is 1.52. The quantitative estimate of drug-likeness (QED) is 0.770. The van der Waals surface area contributed by atoms with Crippen molar-refractivity contribution in [3.63, 3.8) is 0 Å². The van der Waals surface area contributed by atoms with E-state index in [9.17, 15) is 13.6 Å².